The number of imidazole rings is 6. The molecule has 0 aliphatic heterocycles. The monoisotopic (exact) mass is 838 g/mol. The van der Waals surface area contributed by atoms with Crippen LogP contribution >= 0.6 is 0 Å². The predicted molar refractivity (Wildman–Crippen MR) is 212 cm³/mol. The average Bonchev–Trinajstić information content (AvgIpc) is 4.08. The summed E-state index contributed by atoms with van der Waals surface area (Å²) in [5.74, 6) is -4.79. The van der Waals surface area contributed by atoms with Crippen LogP contribution in [0.2, 0.25) is 0 Å². The molecule has 6 amide bonds. The van der Waals surface area contributed by atoms with Gasteiger partial charge in [0.15, 0.2) is 0 Å². The van der Waals surface area contributed by atoms with Gasteiger partial charge in [-0.2, -0.15) is 0 Å². The van der Waals surface area contributed by atoms with E-state index in [4.69, 9.17) is 5.73 Å². The van der Waals surface area contributed by atoms with Gasteiger partial charge < -0.3 is 62.2 Å². The smallest absolute Gasteiger partial charge is 0.243 e. The molecule has 24 heteroatoms. The molecule has 6 rings (SSSR count). The van der Waals surface area contributed by atoms with Crippen molar-refractivity contribution in [3.8, 4) is 0 Å². The van der Waals surface area contributed by atoms with Crippen LogP contribution in [0.25, 0.3) is 0 Å². The first kappa shape index (κ1) is 42.7. The van der Waals surface area contributed by atoms with E-state index in [0.29, 0.717) is 34.9 Å². The first-order valence-electron chi connectivity index (χ1n) is 19.1. The molecule has 6 heterocycles. The van der Waals surface area contributed by atoms with Gasteiger partial charge in [0.05, 0.1) is 38.0 Å². The van der Waals surface area contributed by atoms with Gasteiger partial charge in [-0.25, -0.2) is 29.9 Å². The maximum absolute atomic E-state index is 14.3. The highest BCUT2D eigenvalue weighted by molar-refractivity contribution is 5.96. The van der Waals surface area contributed by atoms with E-state index >= 15 is 0 Å². The first-order chi connectivity index (χ1) is 29.5. The van der Waals surface area contributed by atoms with Gasteiger partial charge >= 0.3 is 0 Å². The summed E-state index contributed by atoms with van der Waals surface area (Å²) in [4.78, 5) is 124. The van der Waals surface area contributed by atoms with Gasteiger partial charge in [0.1, 0.15) is 30.2 Å². The zero-order chi connectivity index (χ0) is 43.1. The van der Waals surface area contributed by atoms with Crippen LogP contribution < -0.4 is 32.3 Å². The lowest BCUT2D eigenvalue weighted by Gasteiger charge is -2.27. The number of H-pyrrole nitrogens is 6. The number of nitrogens with one attached hydrogen (secondary N) is 11. The Hall–Kier alpha value is -7.92. The van der Waals surface area contributed by atoms with Crippen LogP contribution in [0.5, 0.6) is 0 Å². The van der Waals surface area contributed by atoms with Crippen LogP contribution in [0.1, 0.15) is 41.1 Å². The van der Waals surface area contributed by atoms with Gasteiger partial charge in [-0.1, -0.05) is 6.92 Å². The standard InChI is InChI=1S/C37H46N18O6/c1-20(2-21-8-39-14-45-21)33(57)52-28(4-23-10-41-16-47-23)35(59)54-30(6-25-12-43-18-49-25)37(61)55-31(7-26-13-44-19-50-26)36(60)53-29(5-24-11-42-17-48-24)34(58)51-27(32(38)56)3-22-9-40-15-46-22/h8-20,27-31H,2-7H2,1H3,(H2,38,56)(H,39,45)(H,40,46)(H,41,47)(H,42,48)(H,43,49)(H,44,50)(H,51,58)(H,52,57)(H,53,60)(H,54,59)(H,55,61)/t20-,27-,28-,29-,30-,31-/m0/s1. The topological polar surface area (TPSA) is 361 Å². The molecule has 6 aromatic rings. The zero-order valence-corrected chi connectivity index (χ0v) is 32.8. The molecule has 0 radical (unpaired) electrons. The van der Waals surface area contributed by atoms with Crippen molar-refractivity contribution in [3.05, 3.63) is 109 Å². The molecule has 0 bridgehead atoms. The molecule has 0 aromatic carbocycles. The minimum atomic E-state index is -1.34. The van der Waals surface area contributed by atoms with Gasteiger partial charge in [-0.05, 0) is 0 Å². The van der Waals surface area contributed by atoms with Gasteiger partial charge in [0, 0.05) is 116 Å². The van der Waals surface area contributed by atoms with Crippen molar-refractivity contribution in [3.63, 3.8) is 0 Å². The van der Waals surface area contributed by atoms with E-state index in [0.717, 1.165) is 5.69 Å². The number of aromatic nitrogens is 12. The number of amides is 6. The van der Waals surface area contributed by atoms with E-state index < -0.39 is 71.6 Å². The lowest BCUT2D eigenvalue weighted by Crippen LogP contribution is -2.60. The van der Waals surface area contributed by atoms with Gasteiger partial charge in [-0.15, -0.1) is 0 Å². The highest BCUT2D eigenvalue weighted by atomic mass is 16.2. The number of hydrogen-bond donors (Lipinski definition) is 12. The Morgan fingerprint density at radius 2 is 0.639 bits per heavy atom. The minimum absolute atomic E-state index is 0.00435. The Bertz CT molecular complexity index is 2270. The first-order valence-corrected chi connectivity index (χ1v) is 19.1. The summed E-state index contributed by atoms with van der Waals surface area (Å²) in [6, 6.07) is -6.26. The number of hydrogen-bond acceptors (Lipinski definition) is 12. The summed E-state index contributed by atoms with van der Waals surface area (Å²) >= 11 is 0. The lowest BCUT2D eigenvalue weighted by atomic mass is 10.0. The molecule has 0 spiro atoms. The summed E-state index contributed by atoms with van der Waals surface area (Å²) in [7, 11) is 0. The van der Waals surface area contributed by atoms with E-state index in [1.54, 1.807) is 13.1 Å². The molecular weight excluding hydrogens is 793 g/mol. The third kappa shape index (κ3) is 12.5. The van der Waals surface area contributed by atoms with E-state index in [1.807, 2.05) is 0 Å². The number of nitrogens with two attached hydrogens (primary N) is 1. The van der Waals surface area contributed by atoms with Crippen molar-refractivity contribution in [2.75, 3.05) is 0 Å². The van der Waals surface area contributed by atoms with Crippen LogP contribution in [0, 0.1) is 5.92 Å². The highest BCUT2D eigenvalue weighted by Gasteiger charge is 2.34. The molecule has 24 nitrogen and oxygen atoms in total. The Labute approximate surface area is 346 Å². The Morgan fingerprint density at radius 3 is 0.885 bits per heavy atom. The molecule has 61 heavy (non-hydrogen) atoms. The summed E-state index contributed by atoms with van der Waals surface area (Å²) in [6.07, 6.45) is 17.6. The van der Waals surface area contributed by atoms with E-state index in [9.17, 15) is 28.8 Å². The molecular formula is C37H46N18O6. The number of primary amides is 1. The van der Waals surface area contributed by atoms with Crippen LogP contribution in [0.4, 0.5) is 0 Å². The largest absolute Gasteiger partial charge is 0.368 e. The van der Waals surface area contributed by atoms with E-state index in [2.05, 4.69) is 86.4 Å². The number of aromatic amines is 6. The van der Waals surface area contributed by atoms with Crippen molar-refractivity contribution in [1.29, 1.82) is 0 Å². The number of rotatable bonds is 23. The van der Waals surface area contributed by atoms with Crippen LogP contribution in [-0.2, 0) is 67.3 Å². The number of carbonyl (C=O) groups is 6. The normalized spacial score (nSPS) is 14.1. The lowest BCUT2D eigenvalue weighted by molar-refractivity contribution is -0.135. The summed E-state index contributed by atoms with van der Waals surface area (Å²) in [5.41, 5.74) is 8.86. The van der Waals surface area contributed by atoms with Crippen LogP contribution in [-0.4, -0.2) is 125 Å². The molecule has 0 fully saturated rings. The molecule has 0 aliphatic rings. The maximum atomic E-state index is 14.3. The summed E-state index contributed by atoms with van der Waals surface area (Å²) in [6.45, 7) is 1.71. The maximum Gasteiger partial charge on any atom is 0.243 e. The molecule has 6 aromatic heterocycles. The molecule has 6 atom stereocenters. The second kappa shape index (κ2) is 20.7. The Balaban J connectivity index is 1.21. The summed E-state index contributed by atoms with van der Waals surface area (Å²) in [5, 5.41) is 13.6. The van der Waals surface area contributed by atoms with Crippen molar-refractivity contribution in [2.24, 2.45) is 11.7 Å². The molecule has 0 saturated carbocycles. The van der Waals surface area contributed by atoms with Gasteiger partial charge in [-0.3, -0.25) is 28.8 Å². The van der Waals surface area contributed by atoms with Gasteiger partial charge in [0.2, 0.25) is 35.4 Å². The Kier molecular flexibility index (Phi) is 14.5. The molecule has 13 N–H and O–H groups in total. The van der Waals surface area contributed by atoms with E-state index in [-0.39, 0.29) is 32.1 Å². The van der Waals surface area contributed by atoms with Crippen molar-refractivity contribution in [2.45, 2.75) is 75.7 Å². The third-order valence-corrected chi connectivity index (χ3v) is 9.61. The fourth-order valence-electron chi connectivity index (χ4n) is 6.36. The van der Waals surface area contributed by atoms with Crippen molar-refractivity contribution < 1.29 is 28.8 Å². The minimum Gasteiger partial charge on any atom is -0.368 e. The second-order valence-corrected chi connectivity index (χ2v) is 14.3. The third-order valence-electron chi connectivity index (χ3n) is 9.61. The van der Waals surface area contributed by atoms with Crippen LogP contribution in [0.15, 0.2) is 75.1 Å². The van der Waals surface area contributed by atoms with E-state index in [1.165, 1.54) is 68.9 Å². The zero-order valence-electron chi connectivity index (χ0n) is 32.8. The predicted octanol–water partition coefficient (Wildman–Crippen LogP) is -2.67. The quantitative estimate of drug-likeness (QED) is 0.0314. The highest BCUT2D eigenvalue weighted by Crippen LogP contribution is 2.10. The molecule has 320 valence electrons. The van der Waals surface area contributed by atoms with Gasteiger partial charge in [0.25, 0.3) is 0 Å². The fourth-order valence-corrected chi connectivity index (χ4v) is 6.36. The molecule has 0 unspecified atom stereocenters. The second-order valence-electron chi connectivity index (χ2n) is 14.3. The average molecular weight is 839 g/mol. The Morgan fingerprint density at radius 1 is 0.410 bits per heavy atom. The SMILES string of the molecule is C[C@@H](Cc1cnc[nH]1)C(=O)N[C@@H](Cc1cnc[nH]1)C(=O)N[C@@H](Cc1cnc[nH]1)C(=O)N[C@@H](Cc1cnc[nH]1)C(=O)N[C@@H](Cc1cnc[nH]1)C(=O)N[C@@H](Cc1cnc[nH]1)C(N)=O. The number of nitrogens with zero attached hydrogens (tertiary/aromatic N) is 6. The fraction of sp³-hybridized carbons (Fsp3) is 0.351. The molecule has 0 saturated heterocycles. The number of carbonyl (C=O) groups excluding carboxylic acids is 6. The van der Waals surface area contributed by atoms with Crippen molar-refractivity contribution >= 4 is 35.4 Å². The molecule has 0 aliphatic carbocycles. The summed E-state index contributed by atoms with van der Waals surface area (Å²) < 4.78 is 0. The van der Waals surface area contributed by atoms with Crippen molar-refractivity contribution in [1.82, 2.24) is 86.4 Å². The van der Waals surface area contributed by atoms with Crippen LogP contribution in [0.3, 0.4) is 0 Å².